The highest BCUT2D eigenvalue weighted by atomic mass is 127. The summed E-state index contributed by atoms with van der Waals surface area (Å²) in [6, 6.07) is 0.409. The van der Waals surface area contributed by atoms with Crippen LogP contribution < -0.4 is 5.73 Å². The Bertz CT molecular complexity index is 314. The van der Waals surface area contributed by atoms with Crippen molar-refractivity contribution in [1.29, 1.82) is 0 Å². The van der Waals surface area contributed by atoms with Crippen molar-refractivity contribution in [2.45, 2.75) is 46.2 Å². The third-order valence-electron chi connectivity index (χ3n) is 2.62. The Morgan fingerprint density at radius 1 is 1.53 bits per heavy atom. The van der Waals surface area contributed by atoms with E-state index in [0.717, 1.165) is 9.99 Å². The molecule has 0 bridgehead atoms. The SMILES string of the molecule is CCC(N)C(n1cc(I)cn1)C(C)(C)C. The van der Waals surface area contributed by atoms with E-state index in [1.807, 2.05) is 10.9 Å². The van der Waals surface area contributed by atoms with E-state index in [2.05, 4.69) is 61.6 Å². The average molecular weight is 321 g/mol. The predicted octanol–water partition coefficient (Wildman–Crippen LogP) is 2.81. The molecule has 2 N–H and O–H groups in total. The molecule has 0 amide bonds. The summed E-state index contributed by atoms with van der Waals surface area (Å²) in [7, 11) is 0. The second-order valence-corrected chi connectivity index (χ2v) is 6.27. The van der Waals surface area contributed by atoms with E-state index < -0.39 is 0 Å². The van der Waals surface area contributed by atoms with Crippen LogP contribution in [0.5, 0.6) is 0 Å². The van der Waals surface area contributed by atoms with Gasteiger partial charge in [0.25, 0.3) is 0 Å². The molecule has 1 aromatic heterocycles. The smallest absolute Gasteiger partial charge is 0.0718 e. The second kappa shape index (κ2) is 4.82. The molecule has 4 heteroatoms. The van der Waals surface area contributed by atoms with Gasteiger partial charge in [-0.1, -0.05) is 27.7 Å². The molecule has 1 heterocycles. The molecule has 0 saturated carbocycles. The molecule has 2 unspecified atom stereocenters. The van der Waals surface area contributed by atoms with Crippen LogP contribution in [-0.4, -0.2) is 15.8 Å². The molecule has 1 rings (SSSR count). The van der Waals surface area contributed by atoms with Crippen LogP contribution in [0.1, 0.15) is 40.2 Å². The molecule has 0 aliphatic rings. The fraction of sp³-hybridized carbons (Fsp3) is 0.727. The normalized spacial score (nSPS) is 16.4. The zero-order chi connectivity index (χ0) is 11.6. The topological polar surface area (TPSA) is 43.8 Å². The zero-order valence-corrected chi connectivity index (χ0v) is 12.0. The molecule has 3 nitrogen and oxygen atoms in total. The van der Waals surface area contributed by atoms with Crippen LogP contribution in [0.2, 0.25) is 0 Å². The van der Waals surface area contributed by atoms with Crippen molar-refractivity contribution in [2.75, 3.05) is 0 Å². The van der Waals surface area contributed by atoms with Crippen molar-refractivity contribution < 1.29 is 0 Å². The minimum absolute atomic E-state index is 0.129. The molecular weight excluding hydrogens is 301 g/mol. The number of nitrogens with two attached hydrogens (primary N) is 1. The van der Waals surface area contributed by atoms with Gasteiger partial charge in [-0.2, -0.15) is 5.10 Å². The lowest BCUT2D eigenvalue weighted by molar-refractivity contribution is 0.186. The molecule has 0 spiro atoms. The fourth-order valence-electron chi connectivity index (χ4n) is 1.93. The Labute approximate surface area is 106 Å². The molecule has 2 atom stereocenters. The van der Waals surface area contributed by atoms with Crippen LogP contribution >= 0.6 is 22.6 Å². The summed E-state index contributed by atoms with van der Waals surface area (Å²) in [5, 5.41) is 4.38. The largest absolute Gasteiger partial charge is 0.326 e. The second-order valence-electron chi connectivity index (χ2n) is 5.02. The number of rotatable bonds is 3. The summed E-state index contributed by atoms with van der Waals surface area (Å²) < 4.78 is 3.17. The predicted molar refractivity (Wildman–Crippen MR) is 71.7 cm³/mol. The number of halogens is 1. The Hall–Kier alpha value is -0.100. The van der Waals surface area contributed by atoms with Crippen molar-refractivity contribution in [3.8, 4) is 0 Å². The van der Waals surface area contributed by atoms with E-state index in [1.54, 1.807) is 0 Å². The molecule has 0 fully saturated rings. The van der Waals surface area contributed by atoms with Gasteiger partial charge in [0.1, 0.15) is 0 Å². The van der Waals surface area contributed by atoms with E-state index in [9.17, 15) is 0 Å². The van der Waals surface area contributed by atoms with Gasteiger partial charge in [-0.25, -0.2) is 0 Å². The summed E-state index contributed by atoms with van der Waals surface area (Å²) in [6.07, 6.45) is 4.91. The highest BCUT2D eigenvalue weighted by Gasteiger charge is 2.31. The summed E-state index contributed by atoms with van der Waals surface area (Å²) in [6.45, 7) is 8.75. The summed E-state index contributed by atoms with van der Waals surface area (Å²) in [4.78, 5) is 0. The van der Waals surface area contributed by atoms with E-state index in [4.69, 9.17) is 5.73 Å². The van der Waals surface area contributed by atoms with Crippen LogP contribution in [0.15, 0.2) is 12.4 Å². The lowest BCUT2D eigenvalue weighted by Gasteiger charge is -2.35. The molecule has 0 aliphatic heterocycles. The first-order valence-electron chi connectivity index (χ1n) is 5.31. The number of hydrogen-bond acceptors (Lipinski definition) is 2. The van der Waals surface area contributed by atoms with Crippen LogP contribution in [0, 0.1) is 8.99 Å². The van der Waals surface area contributed by atoms with Crippen LogP contribution in [0.4, 0.5) is 0 Å². The third-order valence-corrected chi connectivity index (χ3v) is 3.18. The Morgan fingerprint density at radius 3 is 2.47 bits per heavy atom. The maximum Gasteiger partial charge on any atom is 0.0718 e. The van der Waals surface area contributed by atoms with Gasteiger partial charge in [0.2, 0.25) is 0 Å². The lowest BCUT2D eigenvalue weighted by Crippen LogP contribution is -2.40. The standard InChI is InChI=1S/C11H20IN3/c1-5-9(13)10(11(2,3)4)15-7-8(12)6-14-15/h6-7,9-10H,5,13H2,1-4H3. The third kappa shape index (κ3) is 3.17. The first kappa shape index (κ1) is 13.0. The Balaban J connectivity index is 3.01. The van der Waals surface area contributed by atoms with Crippen molar-refractivity contribution in [3.63, 3.8) is 0 Å². The first-order chi connectivity index (χ1) is 6.86. The van der Waals surface area contributed by atoms with Gasteiger partial charge in [0, 0.05) is 12.2 Å². The molecule has 15 heavy (non-hydrogen) atoms. The summed E-state index contributed by atoms with van der Waals surface area (Å²) >= 11 is 2.27. The molecule has 0 aliphatic carbocycles. The maximum absolute atomic E-state index is 6.18. The van der Waals surface area contributed by atoms with E-state index >= 15 is 0 Å². The van der Waals surface area contributed by atoms with Gasteiger partial charge in [-0.15, -0.1) is 0 Å². The Kier molecular flexibility index (Phi) is 4.17. The van der Waals surface area contributed by atoms with Crippen LogP contribution in [-0.2, 0) is 0 Å². The summed E-state index contributed by atoms with van der Waals surface area (Å²) in [5.74, 6) is 0. The number of aromatic nitrogens is 2. The maximum atomic E-state index is 6.18. The van der Waals surface area contributed by atoms with Crippen molar-refractivity contribution in [2.24, 2.45) is 11.1 Å². The molecule has 86 valence electrons. The zero-order valence-electron chi connectivity index (χ0n) is 9.87. The summed E-state index contributed by atoms with van der Waals surface area (Å²) in [5.41, 5.74) is 6.31. The molecule has 0 aromatic carbocycles. The first-order valence-corrected chi connectivity index (χ1v) is 6.39. The minimum atomic E-state index is 0.129. The van der Waals surface area contributed by atoms with Crippen LogP contribution in [0.25, 0.3) is 0 Å². The van der Waals surface area contributed by atoms with Gasteiger partial charge in [0.15, 0.2) is 0 Å². The highest BCUT2D eigenvalue weighted by Crippen LogP contribution is 2.33. The van der Waals surface area contributed by atoms with Gasteiger partial charge in [-0.3, -0.25) is 4.68 Å². The van der Waals surface area contributed by atoms with E-state index in [1.165, 1.54) is 0 Å². The quantitative estimate of drug-likeness (QED) is 0.870. The molecule has 0 radical (unpaired) electrons. The Morgan fingerprint density at radius 2 is 2.13 bits per heavy atom. The number of nitrogens with zero attached hydrogens (tertiary/aromatic N) is 2. The van der Waals surface area contributed by atoms with Crippen molar-refractivity contribution in [1.82, 2.24) is 9.78 Å². The fourth-order valence-corrected chi connectivity index (χ4v) is 2.34. The minimum Gasteiger partial charge on any atom is -0.326 e. The van der Waals surface area contributed by atoms with E-state index in [-0.39, 0.29) is 17.5 Å². The van der Waals surface area contributed by atoms with Crippen molar-refractivity contribution in [3.05, 3.63) is 16.0 Å². The lowest BCUT2D eigenvalue weighted by atomic mass is 9.82. The molecule has 0 saturated heterocycles. The van der Waals surface area contributed by atoms with Crippen LogP contribution in [0.3, 0.4) is 0 Å². The number of hydrogen-bond donors (Lipinski definition) is 1. The average Bonchev–Trinajstić information content (AvgIpc) is 2.49. The van der Waals surface area contributed by atoms with Gasteiger partial charge in [0.05, 0.1) is 15.8 Å². The van der Waals surface area contributed by atoms with E-state index in [0.29, 0.717) is 0 Å². The van der Waals surface area contributed by atoms with Crippen molar-refractivity contribution >= 4 is 22.6 Å². The molecular formula is C11H20IN3. The van der Waals surface area contributed by atoms with Gasteiger partial charge >= 0.3 is 0 Å². The van der Waals surface area contributed by atoms with Gasteiger partial charge in [-0.05, 0) is 34.4 Å². The van der Waals surface area contributed by atoms with Gasteiger partial charge < -0.3 is 5.73 Å². The highest BCUT2D eigenvalue weighted by molar-refractivity contribution is 14.1. The molecule has 1 aromatic rings. The monoisotopic (exact) mass is 321 g/mol.